The van der Waals surface area contributed by atoms with Gasteiger partial charge in [0.15, 0.2) is 0 Å². The zero-order valence-electron chi connectivity index (χ0n) is 15.2. The Morgan fingerprint density at radius 1 is 1.07 bits per heavy atom. The molecule has 2 aromatic carbocycles. The molecule has 0 N–H and O–H groups in total. The molecule has 138 valence electrons. The van der Waals surface area contributed by atoms with Crippen molar-refractivity contribution in [1.29, 1.82) is 0 Å². The SMILES string of the molecule is COc1ccc(C=C2C(=O)N(C(C)=O)CC(=O)N2Cc2ccccc2)cc1. The van der Waals surface area contributed by atoms with Crippen LogP contribution in [0.2, 0.25) is 0 Å². The highest BCUT2D eigenvalue weighted by molar-refractivity contribution is 6.12. The first-order valence-corrected chi connectivity index (χ1v) is 8.52. The van der Waals surface area contributed by atoms with Gasteiger partial charge in [-0.15, -0.1) is 0 Å². The van der Waals surface area contributed by atoms with Gasteiger partial charge in [-0.2, -0.15) is 0 Å². The van der Waals surface area contributed by atoms with Crippen molar-refractivity contribution in [3.8, 4) is 5.75 Å². The van der Waals surface area contributed by atoms with Crippen molar-refractivity contribution in [2.45, 2.75) is 13.5 Å². The summed E-state index contributed by atoms with van der Waals surface area (Å²) < 4.78 is 5.14. The minimum Gasteiger partial charge on any atom is -0.497 e. The standard InChI is InChI=1S/C21H20N2O4/c1-15(24)22-14-20(25)23(13-17-6-4-3-5-7-17)19(21(22)26)12-16-8-10-18(27-2)11-9-16/h3-12H,13-14H2,1-2H3. The summed E-state index contributed by atoms with van der Waals surface area (Å²) in [4.78, 5) is 39.7. The van der Waals surface area contributed by atoms with Crippen LogP contribution in [0.3, 0.4) is 0 Å². The summed E-state index contributed by atoms with van der Waals surface area (Å²) in [6.07, 6.45) is 1.62. The van der Waals surface area contributed by atoms with E-state index in [0.29, 0.717) is 5.75 Å². The van der Waals surface area contributed by atoms with Crippen LogP contribution < -0.4 is 4.74 Å². The first kappa shape index (κ1) is 18.4. The maximum atomic E-state index is 12.9. The van der Waals surface area contributed by atoms with Gasteiger partial charge in [-0.25, -0.2) is 0 Å². The van der Waals surface area contributed by atoms with Crippen molar-refractivity contribution in [1.82, 2.24) is 9.80 Å². The number of benzene rings is 2. The van der Waals surface area contributed by atoms with E-state index < -0.39 is 11.8 Å². The van der Waals surface area contributed by atoms with E-state index in [2.05, 4.69) is 0 Å². The number of ether oxygens (including phenoxy) is 1. The van der Waals surface area contributed by atoms with E-state index in [4.69, 9.17) is 4.74 Å². The molecule has 0 spiro atoms. The lowest BCUT2D eigenvalue weighted by Gasteiger charge is -2.34. The highest BCUT2D eigenvalue weighted by Crippen LogP contribution is 2.23. The number of methoxy groups -OCH3 is 1. The molecule has 0 bridgehead atoms. The molecule has 6 heteroatoms. The van der Waals surface area contributed by atoms with Crippen LogP contribution in [0.15, 0.2) is 60.3 Å². The van der Waals surface area contributed by atoms with Crippen molar-refractivity contribution in [3.05, 3.63) is 71.4 Å². The van der Waals surface area contributed by atoms with Crippen LogP contribution in [0.5, 0.6) is 5.75 Å². The van der Waals surface area contributed by atoms with E-state index in [0.717, 1.165) is 16.0 Å². The molecule has 3 amide bonds. The molecule has 1 aliphatic rings. The molecule has 1 saturated heterocycles. The molecule has 3 rings (SSSR count). The maximum Gasteiger partial charge on any atom is 0.277 e. The molecular weight excluding hydrogens is 344 g/mol. The smallest absolute Gasteiger partial charge is 0.277 e. The first-order chi connectivity index (χ1) is 13.0. The van der Waals surface area contributed by atoms with Crippen molar-refractivity contribution in [3.63, 3.8) is 0 Å². The monoisotopic (exact) mass is 364 g/mol. The zero-order valence-corrected chi connectivity index (χ0v) is 15.2. The van der Waals surface area contributed by atoms with Gasteiger partial charge in [0, 0.05) is 6.92 Å². The van der Waals surface area contributed by atoms with Gasteiger partial charge in [0.05, 0.1) is 13.7 Å². The van der Waals surface area contributed by atoms with E-state index >= 15 is 0 Å². The lowest BCUT2D eigenvalue weighted by molar-refractivity contribution is -0.153. The van der Waals surface area contributed by atoms with Crippen molar-refractivity contribution >= 4 is 23.8 Å². The summed E-state index contributed by atoms with van der Waals surface area (Å²) in [6, 6.07) is 16.5. The number of hydrogen-bond acceptors (Lipinski definition) is 4. The summed E-state index contributed by atoms with van der Waals surface area (Å²) in [5.41, 5.74) is 1.81. The average molecular weight is 364 g/mol. The Bertz CT molecular complexity index is 888. The molecule has 0 unspecified atom stereocenters. The molecule has 6 nitrogen and oxygen atoms in total. The number of rotatable bonds is 4. The van der Waals surface area contributed by atoms with Crippen LogP contribution in [0.4, 0.5) is 0 Å². The number of amides is 3. The summed E-state index contributed by atoms with van der Waals surface area (Å²) >= 11 is 0. The van der Waals surface area contributed by atoms with Crippen molar-refractivity contribution in [2.24, 2.45) is 0 Å². The number of piperazine rings is 1. The van der Waals surface area contributed by atoms with Gasteiger partial charge in [-0.05, 0) is 29.3 Å². The van der Waals surface area contributed by atoms with Gasteiger partial charge in [0.1, 0.15) is 18.0 Å². The van der Waals surface area contributed by atoms with E-state index in [1.54, 1.807) is 37.5 Å². The number of imide groups is 1. The largest absolute Gasteiger partial charge is 0.497 e. The Morgan fingerprint density at radius 3 is 2.33 bits per heavy atom. The lowest BCUT2D eigenvalue weighted by atomic mass is 10.1. The van der Waals surface area contributed by atoms with Crippen molar-refractivity contribution in [2.75, 3.05) is 13.7 Å². The van der Waals surface area contributed by atoms with E-state index in [-0.39, 0.29) is 24.7 Å². The van der Waals surface area contributed by atoms with Crippen LogP contribution in [-0.4, -0.2) is 41.2 Å². The molecule has 0 radical (unpaired) electrons. The van der Waals surface area contributed by atoms with Crippen molar-refractivity contribution < 1.29 is 19.1 Å². The van der Waals surface area contributed by atoms with Crippen LogP contribution in [0, 0.1) is 0 Å². The van der Waals surface area contributed by atoms with Crippen LogP contribution >= 0.6 is 0 Å². The maximum absolute atomic E-state index is 12.9. The fourth-order valence-corrected chi connectivity index (χ4v) is 2.87. The first-order valence-electron chi connectivity index (χ1n) is 8.52. The van der Waals surface area contributed by atoms with E-state index in [1.807, 2.05) is 30.3 Å². The Balaban J connectivity index is 2.00. The highest BCUT2D eigenvalue weighted by atomic mass is 16.5. The predicted molar refractivity (Wildman–Crippen MR) is 100 cm³/mol. The quantitative estimate of drug-likeness (QED) is 0.782. The molecule has 27 heavy (non-hydrogen) atoms. The average Bonchev–Trinajstić information content (AvgIpc) is 2.68. The molecule has 2 aromatic rings. The van der Waals surface area contributed by atoms with E-state index in [9.17, 15) is 14.4 Å². The molecule has 1 fully saturated rings. The van der Waals surface area contributed by atoms with Crippen LogP contribution in [-0.2, 0) is 20.9 Å². The second-order valence-corrected chi connectivity index (χ2v) is 6.18. The number of carbonyl (C=O) groups excluding carboxylic acids is 3. The Kier molecular flexibility index (Phi) is 5.35. The predicted octanol–water partition coefficient (Wildman–Crippen LogP) is 2.45. The summed E-state index contributed by atoms with van der Waals surface area (Å²) in [5, 5.41) is 0. The van der Waals surface area contributed by atoms with E-state index in [1.165, 1.54) is 11.8 Å². The molecule has 0 saturated carbocycles. The van der Waals surface area contributed by atoms with Crippen LogP contribution in [0.1, 0.15) is 18.1 Å². The third-order valence-electron chi connectivity index (χ3n) is 4.33. The Hall–Kier alpha value is -3.41. The fraction of sp³-hybridized carbons (Fsp3) is 0.190. The second kappa shape index (κ2) is 7.86. The van der Waals surface area contributed by atoms with Gasteiger partial charge < -0.3 is 9.64 Å². The van der Waals surface area contributed by atoms with Gasteiger partial charge in [0.25, 0.3) is 5.91 Å². The molecule has 1 heterocycles. The molecular formula is C21H20N2O4. The minimum absolute atomic E-state index is 0.176. The summed E-state index contributed by atoms with van der Waals surface area (Å²) in [5.74, 6) is -0.537. The second-order valence-electron chi connectivity index (χ2n) is 6.18. The number of nitrogens with zero attached hydrogens (tertiary/aromatic N) is 2. The molecule has 0 aliphatic carbocycles. The topological polar surface area (TPSA) is 66.9 Å². The Morgan fingerprint density at radius 2 is 1.74 bits per heavy atom. The normalized spacial score (nSPS) is 16.0. The fourth-order valence-electron chi connectivity index (χ4n) is 2.87. The molecule has 0 aromatic heterocycles. The lowest BCUT2D eigenvalue weighted by Crippen LogP contribution is -2.53. The zero-order chi connectivity index (χ0) is 19.4. The Labute approximate surface area is 157 Å². The number of carbonyl (C=O) groups is 3. The molecule has 1 aliphatic heterocycles. The minimum atomic E-state index is -0.478. The summed E-state index contributed by atoms with van der Waals surface area (Å²) in [6.45, 7) is 1.29. The summed E-state index contributed by atoms with van der Waals surface area (Å²) in [7, 11) is 1.57. The highest BCUT2D eigenvalue weighted by Gasteiger charge is 2.36. The van der Waals surface area contributed by atoms with Gasteiger partial charge in [-0.1, -0.05) is 42.5 Å². The van der Waals surface area contributed by atoms with Gasteiger partial charge in [0.2, 0.25) is 11.8 Å². The van der Waals surface area contributed by atoms with Crippen LogP contribution in [0.25, 0.3) is 6.08 Å². The van der Waals surface area contributed by atoms with Gasteiger partial charge in [-0.3, -0.25) is 19.3 Å². The van der Waals surface area contributed by atoms with Gasteiger partial charge >= 0.3 is 0 Å². The third kappa shape index (κ3) is 4.06. The third-order valence-corrected chi connectivity index (χ3v) is 4.33. The molecule has 0 atom stereocenters. The number of hydrogen-bond donors (Lipinski definition) is 0.